The van der Waals surface area contributed by atoms with Gasteiger partial charge in [0.2, 0.25) is 0 Å². The van der Waals surface area contributed by atoms with Gasteiger partial charge in [-0.25, -0.2) is 4.57 Å². The molecule has 0 aromatic carbocycles. The van der Waals surface area contributed by atoms with Crippen molar-refractivity contribution in [2.24, 2.45) is 0 Å². The van der Waals surface area contributed by atoms with Crippen LogP contribution in [0.2, 0.25) is 0 Å². The molecule has 0 aromatic rings. The quantitative estimate of drug-likeness (QED) is 0.0215. The fourth-order valence-corrected chi connectivity index (χ4v) is 7.20. The van der Waals surface area contributed by atoms with Crippen molar-refractivity contribution in [3.8, 4) is 0 Å². The maximum atomic E-state index is 12.7. The molecular formula is C48H93NO7P+. The van der Waals surface area contributed by atoms with Gasteiger partial charge in [0.25, 0.3) is 0 Å². The first-order valence-electron chi connectivity index (χ1n) is 23.7. The van der Waals surface area contributed by atoms with Crippen LogP contribution in [0, 0.1) is 0 Å². The Hall–Kier alpha value is -1.28. The van der Waals surface area contributed by atoms with Crippen LogP contribution in [0.4, 0.5) is 0 Å². The summed E-state index contributed by atoms with van der Waals surface area (Å²) in [6, 6.07) is 0. The topological polar surface area (TPSA) is 91.3 Å². The van der Waals surface area contributed by atoms with Gasteiger partial charge >= 0.3 is 13.8 Å². The second-order valence-electron chi connectivity index (χ2n) is 17.1. The van der Waals surface area contributed by atoms with Crippen LogP contribution in [-0.4, -0.2) is 75.6 Å². The second-order valence-corrected chi connectivity index (χ2v) is 18.6. The van der Waals surface area contributed by atoms with Crippen molar-refractivity contribution in [1.82, 2.24) is 0 Å². The number of esters is 1. The first-order valence-corrected chi connectivity index (χ1v) is 25.2. The predicted octanol–water partition coefficient (Wildman–Crippen LogP) is 14.2. The minimum absolute atomic E-state index is 0.0852. The lowest BCUT2D eigenvalue weighted by Crippen LogP contribution is -2.37. The molecule has 0 aromatic heterocycles. The van der Waals surface area contributed by atoms with E-state index in [-0.39, 0.29) is 25.8 Å². The van der Waals surface area contributed by atoms with Gasteiger partial charge in [-0.2, -0.15) is 0 Å². The summed E-state index contributed by atoms with van der Waals surface area (Å²) in [5, 5.41) is 0. The summed E-state index contributed by atoms with van der Waals surface area (Å²) in [7, 11) is 1.66. The number of carbonyl (C=O) groups excluding carboxylic acids is 1. The van der Waals surface area contributed by atoms with Gasteiger partial charge in [-0.15, -0.1) is 0 Å². The molecule has 2 unspecified atom stereocenters. The largest absolute Gasteiger partial charge is 0.472 e. The highest BCUT2D eigenvalue weighted by atomic mass is 31.2. The maximum absolute atomic E-state index is 12.7. The van der Waals surface area contributed by atoms with Gasteiger partial charge in [-0.1, -0.05) is 166 Å². The number of hydrogen-bond acceptors (Lipinski definition) is 6. The van der Waals surface area contributed by atoms with E-state index in [1.54, 1.807) is 0 Å². The zero-order valence-electron chi connectivity index (χ0n) is 38.1. The molecule has 1 N–H and O–H groups in total. The van der Waals surface area contributed by atoms with Gasteiger partial charge in [0.15, 0.2) is 0 Å². The highest BCUT2D eigenvalue weighted by molar-refractivity contribution is 7.47. The lowest BCUT2D eigenvalue weighted by molar-refractivity contribution is -0.870. The average Bonchev–Trinajstić information content (AvgIpc) is 3.16. The molecule has 9 heteroatoms. The van der Waals surface area contributed by atoms with Crippen molar-refractivity contribution in [2.75, 3.05) is 54.1 Å². The lowest BCUT2D eigenvalue weighted by Gasteiger charge is -2.24. The summed E-state index contributed by atoms with van der Waals surface area (Å²) in [5.41, 5.74) is 0. The fraction of sp³-hybridized carbons (Fsp3) is 0.854. The summed E-state index contributed by atoms with van der Waals surface area (Å²) in [5.74, 6) is -0.327. The minimum Gasteiger partial charge on any atom is -0.457 e. The van der Waals surface area contributed by atoms with Crippen LogP contribution in [0.3, 0.4) is 0 Å². The number of likely N-dealkylation sites (N-methyl/N-ethyl adjacent to an activating group) is 1. The SMILES string of the molecule is CCCCCC/C=C\C/C=C\CCCCCCCC(=O)OC(COCCCCCCCCCC/C=C\CCCCCCCCC)COP(=O)(O)OCC[N+](C)(C)C. The van der Waals surface area contributed by atoms with E-state index < -0.39 is 13.9 Å². The third kappa shape index (κ3) is 45.7. The van der Waals surface area contributed by atoms with E-state index in [1.165, 1.54) is 128 Å². The number of rotatable bonds is 44. The lowest BCUT2D eigenvalue weighted by atomic mass is 10.1. The van der Waals surface area contributed by atoms with E-state index in [4.69, 9.17) is 18.5 Å². The van der Waals surface area contributed by atoms with Crippen molar-refractivity contribution < 1.29 is 37.3 Å². The molecule has 0 aliphatic rings. The van der Waals surface area contributed by atoms with Crippen LogP contribution in [0.15, 0.2) is 36.5 Å². The van der Waals surface area contributed by atoms with Crippen LogP contribution >= 0.6 is 7.82 Å². The Labute approximate surface area is 353 Å². The highest BCUT2D eigenvalue weighted by Gasteiger charge is 2.26. The zero-order valence-corrected chi connectivity index (χ0v) is 39.0. The number of phosphoric ester groups is 1. The zero-order chi connectivity index (χ0) is 42.0. The molecule has 0 heterocycles. The number of quaternary nitrogens is 1. The molecule has 0 amide bonds. The molecule has 0 spiro atoms. The van der Waals surface area contributed by atoms with E-state index in [0.29, 0.717) is 24.1 Å². The molecule has 2 atom stereocenters. The molecule has 57 heavy (non-hydrogen) atoms. The van der Waals surface area contributed by atoms with E-state index >= 15 is 0 Å². The Bertz CT molecular complexity index is 1010. The molecule has 0 saturated carbocycles. The van der Waals surface area contributed by atoms with E-state index in [0.717, 1.165) is 57.8 Å². The molecule has 0 aliphatic heterocycles. The Morgan fingerprint density at radius 2 is 0.965 bits per heavy atom. The third-order valence-electron chi connectivity index (χ3n) is 10.2. The van der Waals surface area contributed by atoms with Crippen molar-refractivity contribution in [2.45, 2.75) is 213 Å². The summed E-state index contributed by atoms with van der Waals surface area (Å²) >= 11 is 0. The molecule has 0 saturated heterocycles. The predicted molar refractivity (Wildman–Crippen MR) is 243 cm³/mol. The number of unbranched alkanes of at least 4 members (excludes halogenated alkanes) is 24. The van der Waals surface area contributed by atoms with Crippen molar-refractivity contribution in [1.29, 1.82) is 0 Å². The maximum Gasteiger partial charge on any atom is 0.472 e. The van der Waals surface area contributed by atoms with Gasteiger partial charge in [-0.3, -0.25) is 13.8 Å². The van der Waals surface area contributed by atoms with Gasteiger partial charge in [-0.05, 0) is 70.6 Å². The van der Waals surface area contributed by atoms with Crippen molar-refractivity contribution >= 4 is 13.8 Å². The van der Waals surface area contributed by atoms with Gasteiger partial charge in [0.1, 0.15) is 19.3 Å². The highest BCUT2D eigenvalue weighted by Crippen LogP contribution is 2.43. The Balaban J connectivity index is 4.21. The van der Waals surface area contributed by atoms with Crippen LogP contribution in [0.25, 0.3) is 0 Å². The summed E-state index contributed by atoms with van der Waals surface area (Å²) < 4.78 is 35.1. The number of hydrogen-bond donors (Lipinski definition) is 1. The fourth-order valence-electron chi connectivity index (χ4n) is 6.46. The number of nitrogens with zero attached hydrogens (tertiary/aromatic N) is 1. The summed E-state index contributed by atoms with van der Waals surface area (Å²) in [4.78, 5) is 22.9. The van der Waals surface area contributed by atoms with Crippen molar-refractivity contribution in [3.05, 3.63) is 36.5 Å². The molecule has 0 fully saturated rings. The van der Waals surface area contributed by atoms with Gasteiger partial charge < -0.3 is 18.9 Å². The van der Waals surface area contributed by atoms with E-state index in [9.17, 15) is 14.3 Å². The standard InChI is InChI=1S/C48H92NO7P/c1-6-8-10-12-14-16-18-20-22-24-25-26-28-30-32-34-36-38-40-43-53-45-47(46-55-57(51,52)54-44-42-49(3,4)5)56-48(50)41-39-37-35-33-31-29-27-23-21-19-17-15-13-11-9-7-2/h17,19,22-24,27,47H,6-16,18,20-21,25-26,28-46H2,1-5H3/p+1/b19-17-,24-22-,27-23-. The summed E-state index contributed by atoms with van der Waals surface area (Å²) in [6.45, 7) is 5.60. The van der Waals surface area contributed by atoms with Gasteiger partial charge in [0, 0.05) is 13.0 Å². The molecule has 8 nitrogen and oxygen atoms in total. The molecule has 336 valence electrons. The molecule has 0 aliphatic carbocycles. The molecular weight excluding hydrogens is 734 g/mol. The number of carbonyl (C=O) groups is 1. The average molecular weight is 827 g/mol. The normalized spacial score (nSPS) is 14.0. The number of allylic oxidation sites excluding steroid dienone is 6. The summed E-state index contributed by atoms with van der Waals surface area (Å²) in [6.07, 6.45) is 48.9. The number of ether oxygens (including phenoxy) is 2. The molecule has 0 radical (unpaired) electrons. The minimum atomic E-state index is -4.28. The Morgan fingerprint density at radius 1 is 0.544 bits per heavy atom. The molecule has 0 rings (SSSR count). The first kappa shape index (κ1) is 55.7. The smallest absolute Gasteiger partial charge is 0.457 e. The first-order chi connectivity index (χ1) is 27.6. The van der Waals surface area contributed by atoms with Crippen LogP contribution in [0.5, 0.6) is 0 Å². The monoisotopic (exact) mass is 827 g/mol. The Morgan fingerprint density at radius 3 is 1.46 bits per heavy atom. The van der Waals surface area contributed by atoms with E-state index in [1.807, 2.05) is 21.1 Å². The van der Waals surface area contributed by atoms with Crippen molar-refractivity contribution in [3.63, 3.8) is 0 Å². The Kier molecular flexibility index (Phi) is 40.5. The van der Waals surface area contributed by atoms with Crippen LogP contribution in [0.1, 0.15) is 206 Å². The number of phosphoric acid groups is 1. The van der Waals surface area contributed by atoms with Gasteiger partial charge in [0.05, 0.1) is 34.4 Å². The van der Waals surface area contributed by atoms with Crippen LogP contribution < -0.4 is 0 Å². The molecule has 0 bridgehead atoms. The third-order valence-corrected chi connectivity index (χ3v) is 11.2. The second kappa shape index (κ2) is 41.5. The van der Waals surface area contributed by atoms with Crippen LogP contribution in [-0.2, 0) is 27.9 Å². The van der Waals surface area contributed by atoms with E-state index in [2.05, 4.69) is 50.3 Å².